The van der Waals surface area contributed by atoms with Crippen LogP contribution in [0.1, 0.15) is 18.4 Å². The van der Waals surface area contributed by atoms with Gasteiger partial charge in [0, 0.05) is 12.7 Å². The lowest BCUT2D eigenvalue weighted by Crippen LogP contribution is -2.04. The molecule has 0 saturated heterocycles. The van der Waals surface area contributed by atoms with Crippen molar-refractivity contribution >= 4 is 5.82 Å². The van der Waals surface area contributed by atoms with Gasteiger partial charge in [-0.2, -0.15) is 5.26 Å². The Labute approximate surface area is 77.4 Å². The van der Waals surface area contributed by atoms with Crippen LogP contribution in [0.5, 0.6) is 0 Å². The van der Waals surface area contributed by atoms with Crippen LogP contribution in [0.2, 0.25) is 0 Å². The molecule has 1 aliphatic rings. The molecule has 0 bridgehead atoms. The quantitative estimate of drug-likeness (QED) is 0.757. The topological polar surface area (TPSA) is 48.7 Å². The SMILES string of the molecule is N#Cc1ccc(NCC2CC2)nc1. The first kappa shape index (κ1) is 8.06. The van der Waals surface area contributed by atoms with Crippen molar-refractivity contribution in [1.82, 2.24) is 4.98 Å². The number of aromatic nitrogens is 1. The van der Waals surface area contributed by atoms with E-state index in [0.717, 1.165) is 18.3 Å². The van der Waals surface area contributed by atoms with Crippen LogP contribution in [-0.4, -0.2) is 11.5 Å². The largest absolute Gasteiger partial charge is 0.370 e. The molecule has 1 fully saturated rings. The Hall–Kier alpha value is -1.56. The van der Waals surface area contributed by atoms with Gasteiger partial charge < -0.3 is 5.32 Å². The Morgan fingerprint density at radius 2 is 2.38 bits per heavy atom. The molecule has 0 radical (unpaired) electrons. The number of hydrogen-bond acceptors (Lipinski definition) is 3. The van der Waals surface area contributed by atoms with E-state index in [1.807, 2.05) is 12.1 Å². The van der Waals surface area contributed by atoms with Crippen molar-refractivity contribution in [2.24, 2.45) is 5.92 Å². The second-order valence-electron chi connectivity index (χ2n) is 3.37. The zero-order valence-corrected chi connectivity index (χ0v) is 7.33. The van der Waals surface area contributed by atoms with Crippen molar-refractivity contribution < 1.29 is 0 Å². The summed E-state index contributed by atoms with van der Waals surface area (Å²) < 4.78 is 0. The van der Waals surface area contributed by atoms with Crippen LogP contribution in [0.15, 0.2) is 18.3 Å². The molecule has 1 heterocycles. The minimum Gasteiger partial charge on any atom is -0.370 e. The predicted molar refractivity (Wildman–Crippen MR) is 50.2 cm³/mol. The Morgan fingerprint density at radius 1 is 1.54 bits per heavy atom. The summed E-state index contributed by atoms with van der Waals surface area (Å²) in [4.78, 5) is 4.12. The summed E-state index contributed by atoms with van der Waals surface area (Å²) in [6.45, 7) is 1.01. The van der Waals surface area contributed by atoms with E-state index in [4.69, 9.17) is 5.26 Å². The summed E-state index contributed by atoms with van der Waals surface area (Å²) in [5.74, 6) is 1.71. The average molecular weight is 173 g/mol. The van der Waals surface area contributed by atoms with Crippen LogP contribution in [-0.2, 0) is 0 Å². The van der Waals surface area contributed by atoms with Gasteiger partial charge >= 0.3 is 0 Å². The summed E-state index contributed by atoms with van der Waals surface area (Å²) in [5, 5.41) is 11.8. The number of nitriles is 1. The smallest absolute Gasteiger partial charge is 0.125 e. The van der Waals surface area contributed by atoms with Gasteiger partial charge in [0.15, 0.2) is 0 Å². The van der Waals surface area contributed by atoms with Gasteiger partial charge in [0.25, 0.3) is 0 Å². The fraction of sp³-hybridized carbons (Fsp3) is 0.400. The van der Waals surface area contributed by atoms with Crippen LogP contribution in [0, 0.1) is 17.2 Å². The zero-order chi connectivity index (χ0) is 9.10. The third-order valence-corrected chi connectivity index (χ3v) is 2.16. The Morgan fingerprint density at radius 3 is 2.92 bits per heavy atom. The number of hydrogen-bond donors (Lipinski definition) is 1. The van der Waals surface area contributed by atoms with Crippen molar-refractivity contribution in [2.75, 3.05) is 11.9 Å². The standard InChI is InChI=1S/C10H11N3/c11-5-9-3-4-10(13-7-9)12-6-8-1-2-8/h3-4,7-8H,1-2,6H2,(H,12,13). The number of pyridine rings is 1. The molecule has 0 spiro atoms. The first-order valence-corrected chi connectivity index (χ1v) is 4.48. The third kappa shape index (κ3) is 2.19. The number of anilines is 1. The van der Waals surface area contributed by atoms with Crippen LogP contribution >= 0.6 is 0 Å². The van der Waals surface area contributed by atoms with Crippen molar-refractivity contribution in [1.29, 1.82) is 5.26 Å². The van der Waals surface area contributed by atoms with E-state index in [1.165, 1.54) is 12.8 Å². The predicted octanol–water partition coefficient (Wildman–Crippen LogP) is 1.78. The zero-order valence-electron chi connectivity index (χ0n) is 7.33. The first-order valence-electron chi connectivity index (χ1n) is 4.48. The molecule has 2 rings (SSSR count). The molecule has 0 unspecified atom stereocenters. The number of rotatable bonds is 3. The van der Waals surface area contributed by atoms with E-state index >= 15 is 0 Å². The van der Waals surface area contributed by atoms with Crippen LogP contribution in [0.4, 0.5) is 5.82 Å². The first-order chi connectivity index (χ1) is 6.38. The molecule has 66 valence electrons. The minimum absolute atomic E-state index is 0.608. The Bertz CT molecular complexity index is 319. The highest BCUT2D eigenvalue weighted by molar-refractivity contribution is 5.38. The number of nitrogens with zero attached hydrogens (tertiary/aromatic N) is 2. The van der Waals surface area contributed by atoms with Crippen molar-refractivity contribution in [3.63, 3.8) is 0 Å². The lowest BCUT2D eigenvalue weighted by molar-refractivity contribution is 0.883. The van der Waals surface area contributed by atoms with Gasteiger partial charge in [-0.15, -0.1) is 0 Å². The molecule has 0 amide bonds. The Kier molecular flexibility index (Phi) is 2.13. The van der Waals surface area contributed by atoms with Gasteiger partial charge in [0.2, 0.25) is 0 Å². The summed E-state index contributed by atoms with van der Waals surface area (Å²) >= 11 is 0. The molecule has 0 atom stereocenters. The average Bonchev–Trinajstić information content (AvgIpc) is 2.99. The lowest BCUT2D eigenvalue weighted by Gasteiger charge is -2.02. The summed E-state index contributed by atoms with van der Waals surface area (Å²) in [5.41, 5.74) is 0.608. The molecule has 0 aromatic carbocycles. The van der Waals surface area contributed by atoms with Crippen LogP contribution in [0.3, 0.4) is 0 Å². The molecule has 1 saturated carbocycles. The van der Waals surface area contributed by atoms with Gasteiger partial charge in [0.1, 0.15) is 11.9 Å². The van der Waals surface area contributed by atoms with Crippen molar-refractivity contribution in [3.05, 3.63) is 23.9 Å². The summed E-state index contributed by atoms with van der Waals surface area (Å²) in [6, 6.07) is 5.67. The van der Waals surface area contributed by atoms with Gasteiger partial charge in [0.05, 0.1) is 5.56 Å². The maximum absolute atomic E-state index is 8.55. The Balaban J connectivity index is 1.93. The second kappa shape index (κ2) is 3.44. The molecule has 1 aromatic rings. The van der Waals surface area contributed by atoms with Gasteiger partial charge in [-0.25, -0.2) is 4.98 Å². The molecular formula is C10H11N3. The van der Waals surface area contributed by atoms with Gasteiger partial charge in [-0.1, -0.05) is 0 Å². The van der Waals surface area contributed by atoms with E-state index in [9.17, 15) is 0 Å². The molecular weight excluding hydrogens is 162 g/mol. The molecule has 1 aliphatic carbocycles. The monoisotopic (exact) mass is 173 g/mol. The van der Waals surface area contributed by atoms with E-state index in [-0.39, 0.29) is 0 Å². The highest BCUT2D eigenvalue weighted by Crippen LogP contribution is 2.28. The van der Waals surface area contributed by atoms with Gasteiger partial charge in [-0.05, 0) is 30.9 Å². The maximum Gasteiger partial charge on any atom is 0.125 e. The van der Waals surface area contributed by atoms with E-state index in [2.05, 4.69) is 10.3 Å². The fourth-order valence-electron chi connectivity index (χ4n) is 1.14. The van der Waals surface area contributed by atoms with Crippen LogP contribution < -0.4 is 5.32 Å². The lowest BCUT2D eigenvalue weighted by atomic mass is 10.3. The van der Waals surface area contributed by atoms with Gasteiger partial charge in [-0.3, -0.25) is 0 Å². The third-order valence-electron chi connectivity index (χ3n) is 2.16. The van der Waals surface area contributed by atoms with Crippen LogP contribution in [0.25, 0.3) is 0 Å². The molecule has 3 nitrogen and oxygen atoms in total. The molecule has 1 aromatic heterocycles. The molecule has 0 aliphatic heterocycles. The summed E-state index contributed by atoms with van der Waals surface area (Å²) in [7, 11) is 0. The van der Waals surface area contributed by atoms with Crippen molar-refractivity contribution in [2.45, 2.75) is 12.8 Å². The summed E-state index contributed by atoms with van der Waals surface area (Å²) in [6.07, 6.45) is 4.27. The van der Waals surface area contributed by atoms with E-state index < -0.39 is 0 Å². The van der Waals surface area contributed by atoms with E-state index in [1.54, 1.807) is 12.3 Å². The maximum atomic E-state index is 8.55. The second-order valence-corrected chi connectivity index (χ2v) is 3.37. The fourth-order valence-corrected chi connectivity index (χ4v) is 1.14. The normalized spacial score (nSPS) is 15.0. The molecule has 3 heteroatoms. The highest BCUT2D eigenvalue weighted by atomic mass is 15.0. The van der Waals surface area contributed by atoms with E-state index in [0.29, 0.717) is 5.56 Å². The number of nitrogens with one attached hydrogen (secondary N) is 1. The highest BCUT2D eigenvalue weighted by Gasteiger charge is 2.20. The molecule has 13 heavy (non-hydrogen) atoms. The van der Waals surface area contributed by atoms with Crippen molar-refractivity contribution in [3.8, 4) is 6.07 Å². The molecule has 1 N–H and O–H groups in total. The minimum atomic E-state index is 0.608.